The van der Waals surface area contributed by atoms with Crippen molar-refractivity contribution in [3.05, 3.63) is 103 Å². The third-order valence-electron chi connectivity index (χ3n) is 4.88. The van der Waals surface area contributed by atoms with E-state index in [2.05, 4.69) is 9.71 Å². The first kappa shape index (κ1) is 20.6. The number of allylic oxidation sites excluding steroid dienone is 2. The van der Waals surface area contributed by atoms with Gasteiger partial charge in [0.15, 0.2) is 0 Å². The fraction of sp³-hybridized carbons (Fsp3) is 0.0833. The lowest BCUT2D eigenvalue weighted by Gasteiger charge is -2.33. The SMILES string of the molecule is CS(=O)(=O)Nc1ccccc1C1=CC(c2ccccn2)=CN(c2ccccc2)C1C=O. The maximum Gasteiger partial charge on any atom is 0.229 e. The Bertz CT molecular complexity index is 1250. The van der Waals surface area contributed by atoms with Crippen molar-refractivity contribution in [1.82, 2.24) is 4.98 Å². The molecule has 2 heterocycles. The Labute approximate surface area is 181 Å². The molecular formula is C24H21N3O3S. The van der Waals surface area contributed by atoms with Crippen LogP contribution in [0.25, 0.3) is 11.1 Å². The number of hydrogen-bond donors (Lipinski definition) is 1. The molecule has 0 amide bonds. The number of nitrogens with zero attached hydrogens (tertiary/aromatic N) is 2. The number of aromatic nitrogens is 1. The van der Waals surface area contributed by atoms with Gasteiger partial charge in [0.2, 0.25) is 10.0 Å². The molecule has 0 saturated heterocycles. The number of carbonyl (C=O) groups excluding carboxylic acids is 1. The number of aldehydes is 1. The van der Waals surface area contributed by atoms with Gasteiger partial charge in [-0.15, -0.1) is 0 Å². The van der Waals surface area contributed by atoms with Crippen LogP contribution < -0.4 is 9.62 Å². The smallest absolute Gasteiger partial charge is 0.229 e. The number of anilines is 2. The van der Waals surface area contributed by atoms with Crippen LogP contribution in [0.4, 0.5) is 11.4 Å². The van der Waals surface area contributed by atoms with Crippen molar-refractivity contribution in [3.8, 4) is 0 Å². The maximum absolute atomic E-state index is 12.3. The molecule has 0 saturated carbocycles. The maximum atomic E-state index is 12.3. The Morgan fingerprint density at radius 3 is 2.35 bits per heavy atom. The first-order valence-electron chi connectivity index (χ1n) is 9.67. The quantitative estimate of drug-likeness (QED) is 0.598. The minimum Gasteiger partial charge on any atom is -0.333 e. The largest absolute Gasteiger partial charge is 0.333 e. The van der Waals surface area contributed by atoms with Gasteiger partial charge in [0, 0.05) is 29.2 Å². The van der Waals surface area contributed by atoms with Gasteiger partial charge in [-0.2, -0.15) is 0 Å². The molecule has 1 aromatic heterocycles. The zero-order valence-corrected chi connectivity index (χ0v) is 17.7. The van der Waals surface area contributed by atoms with Gasteiger partial charge in [-0.1, -0.05) is 42.5 Å². The Hall–Kier alpha value is -3.71. The van der Waals surface area contributed by atoms with Gasteiger partial charge in [-0.05, 0) is 42.0 Å². The molecule has 0 aliphatic carbocycles. The standard InChI is InChI=1S/C24H21N3O3S/c1-31(29,30)26-23-13-6-5-11-20(23)21-15-18(22-12-7-8-14-25-22)16-27(24(21)17-28)19-9-3-2-4-10-19/h2-17,24,26H,1H3. The summed E-state index contributed by atoms with van der Waals surface area (Å²) in [5.41, 5.74) is 4.12. The highest BCUT2D eigenvalue weighted by atomic mass is 32.2. The van der Waals surface area contributed by atoms with E-state index in [9.17, 15) is 13.2 Å². The summed E-state index contributed by atoms with van der Waals surface area (Å²) in [6.07, 6.45) is 7.46. The van der Waals surface area contributed by atoms with Crippen molar-refractivity contribution < 1.29 is 13.2 Å². The second-order valence-electron chi connectivity index (χ2n) is 7.14. The Morgan fingerprint density at radius 1 is 0.968 bits per heavy atom. The molecule has 7 heteroatoms. The fourth-order valence-electron chi connectivity index (χ4n) is 3.58. The van der Waals surface area contributed by atoms with Crippen LogP contribution >= 0.6 is 0 Å². The molecule has 3 aromatic rings. The van der Waals surface area contributed by atoms with Gasteiger partial charge in [-0.3, -0.25) is 9.71 Å². The van der Waals surface area contributed by atoms with Crippen LogP contribution in [-0.2, 0) is 14.8 Å². The molecule has 156 valence electrons. The van der Waals surface area contributed by atoms with Gasteiger partial charge in [-0.25, -0.2) is 8.42 Å². The van der Waals surface area contributed by atoms with Gasteiger partial charge in [0.1, 0.15) is 12.3 Å². The van der Waals surface area contributed by atoms with Gasteiger partial charge < -0.3 is 9.69 Å². The van der Waals surface area contributed by atoms with E-state index in [0.29, 0.717) is 16.8 Å². The summed E-state index contributed by atoms with van der Waals surface area (Å²) in [5, 5.41) is 0. The Morgan fingerprint density at radius 2 is 1.68 bits per heavy atom. The fourth-order valence-corrected chi connectivity index (χ4v) is 4.16. The number of carbonyl (C=O) groups is 1. The van der Waals surface area contributed by atoms with Crippen molar-refractivity contribution in [2.45, 2.75) is 6.04 Å². The van der Waals surface area contributed by atoms with Crippen LogP contribution in [0.2, 0.25) is 0 Å². The minimum atomic E-state index is -3.50. The summed E-state index contributed by atoms with van der Waals surface area (Å²) in [5.74, 6) is 0. The van der Waals surface area contributed by atoms with Crippen molar-refractivity contribution >= 4 is 38.8 Å². The number of para-hydroxylation sites is 2. The van der Waals surface area contributed by atoms with Crippen molar-refractivity contribution in [2.24, 2.45) is 0 Å². The molecule has 4 rings (SSSR count). The van der Waals surface area contributed by atoms with E-state index >= 15 is 0 Å². The molecule has 2 aromatic carbocycles. The lowest BCUT2D eigenvalue weighted by molar-refractivity contribution is -0.107. The van der Waals surface area contributed by atoms with Gasteiger partial charge in [0.05, 0.1) is 17.6 Å². The number of hydrogen-bond acceptors (Lipinski definition) is 5. The van der Waals surface area contributed by atoms with E-state index in [0.717, 1.165) is 29.5 Å². The van der Waals surface area contributed by atoms with Crippen LogP contribution in [0.5, 0.6) is 0 Å². The number of nitrogens with one attached hydrogen (secondary N) is 1. The predicted molar refractivity (Wildman–Crippen MR) is 124 cm³/mol. The lowest BCUT2D eigenvalue weighted by atomic mass is 9.91. The summed E-state index contributed by atoms with van der Waals surface area (Å²) in [7, 11) is -3.50. The third kappa shape index (κ3) is 4.57. The van der Waals surface area contributed by atoms with Crippen LogP contribution in [0, 0.1) is 0 Å². The second-order valence-corrected chi connectivity index (χ2v) is 8.89. The average molecular weight is 432 g/mol. The highest BCUT2D eigenvalue weighted by Crippen LogP contribution is 2.37. The molecule has 6 nitrogen and oxygen atoms in total. The average Bonchev–Trinajstić information content (AvgIpc) is 2.79. The van der Waals surface area contributed by atoms with Crippen LogP contribution in [0.15, 0.2) is 91.3 Å². The number of pyridine rings is 1. The molecule has 1 aliphatic rings. The lowest BCUT2D eigenvalue weighted by Crippen LogP contribution is -2.36. The van der Waals surface area contributed by atoms with E-state index < -0.39 is 16.1 Å². The highest BCUT2D eigenvalue weighted by molar-refractivity contribution is 7.92. The minimum absolute atomic E-state index is 0.415. The molecular weight excluding hydrogens is 410 g/mol. The van der Waals surface area contributed by atoms with Gasteiger partial charge >= 0.3 is 0 Å². The van der Waals surface area contributed by atoms with E-state index in [1.54, 1.807) is 24.4 Å². The summed E-state index contributed by atoms with van der Waals surface area (Å²) < 4.78 is 26.4. The highest BCUT2D eigenvalue weighted by Gasteiger charge is 2.29. The zero-order valence-electron chi connectivity index (χ0n) is 16.8. The van der Waals surface area contributed by atoms with Crippen molar-refractivity contribution in [1.29, 1.82) is 0 Å². The van der Waals surface area contributed by atoms with E-state index in [-0.39, 0.29) is 0 Å². The molecule has 0 bridgehead atoms. The topological polar surface area (TPSA) is 79.4 Å². The predicted octanol–water partition coefficient (Wildman–Crippen LogP) is 3.97. The molecule has 1 aliphatic heterocycles. The second kappa shape index (κ2) is 8.57. The van der Waals surface area contributed by atoms with Crippen LogP contribution in [-0.4, -0.2) is 32.0 Å². The summed E-state index contributed by atoms with van der Waals surface area (Å²) >= 11 is 0. The van der Waals surface area contributed by atoms with Gasteiger partial charge in [0.25, 0.3) is 0 Å². The Kier molecular flexibility index (Phi) is 5.68. The molecule has 0 radical (unpaired) electrons. The van der Waals surface area contributed by atoms with E-state index in [1.165, 1.54) is 0 Å². The van der Waals surface area contributed by atoms with E-state index in [1.807, 2.05) is 71.8 Å². The van der Waals surface area contributed by atoms with Crippen molar-refractivity contribution in [3.63, 3.8) is 0 Å². The van der Waals surface area contributed by atoms with E-state index in [4.69, 9.17) is 0 Å². The van der Waals surface area contributed by atoms with Crippen molar-refractivity contribution in [2.75, 3.05) is 15.9 Å². The summed E-state index contributed by atoms with van der Waals surface area (Å²) in [6.45, 7) is 0. The molecule has 31 heavy (non-hydrogen) atoms. The molecule has 1 unspecified atom stereocenters. The first-order chi connectivity index (χ1) is 15.0. The summed E-state index contributed by atoms with van der Waals surface area (Å²) in [4.78, 5) is 18.6. The Balaban J connectivity index is 1.91. The van der Waals surface area contributed by atoms with Crippen LogP contribution in [0.3, 0.4) is 0 Å². The molecule has 1 atom stereocenters. The normalized spacial score (nSPS) is 16.3. The van der Waals surface area contributed by atoms with Crippen LogP contribution in [0.1, 0.15) is 11.3 Å². The number of sulfonamides is 1. The number of benzene rings is 2. The molecule has 0 fully saturated rings. The third-order valence-corrected chi connectivity index (χ3v) is 5.48. The number of rotatable bonds is 6. The molecule has 0 spiro atoms. The monoisotopic (exact) mass is 431 g/mol. The first-order valence-corrected chi connectivity index (χ1v) is 11.6. The molecule has 1 N–H and O–H groups in total. The zero-order chi connectivity index (χ0) is 21.8. The summed E-state index contributed by atoms with van der Waals surface area (Å²) in [6, 6.07) is 21.6.